The van der Waals surface area contributed by atoms with Crippen molar-refractivity contribution in [1.29, 1.82) is 0 Å². The van der Waals surface area contributed by atoms with Crippen LogP contribution in [0, 0.1) is 6.92 Å². The molecule has 19 heavy (non-hydrogen) atoms. The third kappa shape index (κ3) is 3.67. The minimum atomic E-state index is 0.570. The Kier molecular flexibility index (Phi) is 4.74. The number of hydrogen-bond donors (Lipinski definition) is 1. The van der Waals surface area contributed by atoms with E-state index in [1.54, 1.807) is 6.20 Å². The second kappa shape index (κ2) is 6.52. The number of rotatable bonds is 5. The van der Waals surface area contributed by atoms with Crippen molar-refractivity contribution in [1.82, 2.24) is 9.97 Å². The number of nitrogens with one attached hydrogen (secondary N) is 1. The Morgan fingerprint density at radius 2 is 2.11 bits per heavy atom. The van der Waals surface area contributed by atoms with E-state index in [-0.39, 0.29) is 0 Å². The Labute approximate surface area is 121 Å². The van der Waals surface area contributed by atoms with E-state index in [9.17, 15) is 0 Å². The van der Waals surface area contributed by atoms with E-state index in [2.05, 4.69) is 38.1 Å². The van der Waals surface area contributed by atoms with Gasteiger partial charge in [0.2, 0.25) is 11.8 Å². The van der Waals surface area contributed by atoms with E-state index >= 15 is 0 Å². The maximum absolute atomic E-state index is 5.82. The van der Waals surface area contributed by atoms with Gasteiger partial charge in [0.1, 0.15) is 5.75 Å². The van der Waals surface area contributed by atoms with E-state index in [0.29, 0.717) is 11.8 Å². The van der Waals surface area contributed by atoms with Gasteiger partial charge in [-0.15, -0.1) is 0 Å². The van der Waals surface area contributed by atoms with Crippen LogP contribution in [0.15, 0.2) is 34.9 Å². The maximum Gasteiger partial charge on any atom is 0.227 e. The molecule has 100 valence electrons. The molecule has 1 heterocycles. The number of hydrogen-bond acceptors (Lipinski definition) is 4. The second-order valence-corrected chi connectivity index (χ2v) is 5.00. The van der Waals surface area contributed by atoms with Crippen molar-refractivity contribution in [3.05, 3.63) is 40.5 Å². The quantitative estimate of drug-likeness (QED) is 0.898. The van der Waals surface area contributed by atoms with Crippen LogP contribution in [-0.4, -0.2) is 16.5 Å². The summed E-state index contributed by atoms with van der Waals surface area (Å²) in [6.07, 6.45) is 2.79. The zero-order valence-corrected chi connectivity index (χ0v) is 12.6. The summed E-state index contributed by atoms with van der Waals surface area (Å²) >= 11 is 3.45. The van der Waals surface area contributed by atoms with Gasteiger partial charge >= 0.3 is 0 Å². The molecule has 0 amide bonds. The molecule has 1 aromatic heterocycles. The molecule has 0 radical (unpaired) electrons. The highest BCUT2D eigenvalue weighted by molar-refractivity contribution is 9.10. The number of ether oxygens (including phenoxy) is 1. The molecule has 0 fully saturated rings. The molecular formula is C14H16BrN3O. The molecule has 0 aliphatic carbocycles. The predicted molar refractivity (Wildman–Crippen MR) is 79.8 cm³/mol. The standard InChI is InChI=1S/C14H16BrN3O/c1-3-8-16-14-17-9-10(2)13(18-14)19-12-7-5-4-6-11(12)15/h4-7,9H,3,8H2,1-2H3,(H,16,17,18). The number of benzene rings is 1. The van der Waals surface area contributed by atoms with Crippen LogP contribution in [0.3, 0.4) is 0 Å². The second-order valence-electron chi connectivity index (χ2n) is 4.14. The molecule has 0 saturated heterocycles. The molecule has 1 N–H and O–H groups in total. The first-order valence-corrected chi connectivity index (χ1v) is 7.00. The van der Waals surface area contributed by atoms with E-state index < -0.39 is 0 Å². The molecule has 0 aliphatic heterocycles. The SMILES string of the molecule is CCCNc1ncc(C)c(Oc2ccccc2Br)n1. The highest BCUT2D eigenvalue weighted by Gasteiger charge is 2.08. The highest BCUT2D eigenvalue weighted by Crippen LogP contribution is 2.29. The summed E-state index contributed by atoms with van der Waals surface area (Å²) in [5, 5.41) is 3.15. The number of nitrogens with zero attached hydrogens (tertiary/aromatic N) is 2. The molecule has 0 unspecified atom stereocenters. The van der Waals surface area contributed by atoms with Crippen LogP contribution in [-0.2, 0) is 0 Å². The van der Waals surface area contributed by atoms with Gasteiger partial charge in [0.15, 0.2) is 0 Å². The number of para-hydroxylation sites is 1. The van der Waals surface area contributed by atoms with Crippen LogP contribution in [0.25, 0.3) is 0 Å². The Bertz CT molecular complexity index is 560. The third-order valence-electron chi connectivity index (χ3n) is 2.50. The largest absolute Gasteiger partial charge is 0.437 e. The lowest BCUT2D eigenvalue weighted by Gasteiger charge is -2.10. The zero-order chi connectivity index (χ0) is 13.7. The Morgan fingerprint density at radius 1 is 1.32 bits per heavy atom. The summed E-state index contributed by atoms with van der Waals surface area (Å²) in [5.41, 5.74) is 0.901. The van der Waals surface area contributed by atoms with Gasteiger partial charge in [0, 0.05) is 18.3 Å². The van der Waals surface area contributed by atoms with Gasteiger partial charge in [-0.05, 0) is 41.4 Å². The lowest BCUT2D eigenvalue weighted by molar-refractivity contribution is 0.455. The third-order valence-corrected chi connectivity index (χ3v) is 3.16. The molecule has 0 spiro atoms. The van der Waals surface area contributed by atoms with Crippen LogP contribution in [0.1, 0.15) is 18.9 Å². The first-order chi connectivity index (χ1) is 9.20. The lowest BCUT2D eigenvalue weighted by atomic mass is 10.3. The van der Waals surface area contributed by atoms with Crippen molar-refractivity contribution >= 4 is 21.9 Å². The average Bonchev–Trinajstić information content (AvgIpc) is 2.42. The van der Waals surface area contributed by atoms with Crippen LogP contribution in [0.4, 0.5) is 5.95 Å². The highest BCUT2D eigenvalue weighted by atomic mass is 79.9. The van der Waals surface area contributed by atoms with Gasteiger partial charge in [-0.25, -0.2) is 4.98 Å². The fraction of sp³-hybridized carbons (Fsp3) is 0.286. The molecular weight excluding hydrogens is 306 g/mol. The minimum absolute atomic E-state index is 0.570. The van der Waals surface area contributed by atoms with Crippen molar-refractivity contribution in [2.24, 2.45) is 0 Å². The molecule has 0 saturated carbocycles. The first kappa shape index (κ1) is 13.8. The topological polar surface area (TPSA) is 47.0 Å². The monoisotopic (exact) mass is 321 g/mol. The van der Waals surface area contributed by atoms with Crippen LogP contribution < -0.4 is 10.1 Å². The normalized spacial score (nSPS) is 10.3. The van der Waals surface area contributed by atoms with Gasteiger partial charge in [0.05, 0.1) is 4.47 Å². The van der Waals surface area contributed by atoms with E-state index in [4.69, 9.17) is 4.74 Å². The lowest BCUT2D eigenvalue weighted by Crippen LogP contribution is -2.05. The van der Waals surface area contributed by atoms with Crippen molar-refractivity contribution in [3.8, 4) is 11.6 Å². The fourth-order valence-electron chi connectivity index (χ4n) is 1.48. The van der Waals surface area contributed by atoms with Gasteiger partial charge in [-0.1, -0.05) is 19.1 Å². The molecule has 5 heteroatoms. The number of aromatic nitrogens is 2. The molecule has 0 bridgehead atoms. The number of halogens is 1. The Morgan fingerprint density at radius 3 is 2.84 bits per heavy atom. The van der Waals surface area contributed by atoms with Gasteiger partial charge < -0.3 is 10.1 Å². The summed E-state index contributed by atoms with van der Waals surface area (Å²) in [4.78, 5) is 8.61. The van der Waals surface area contributed by atoms with Crippen molar-refractivity contribution in [2.75, 3.05) is 11.9 Å². The molecule has 2 rings (SSSR count). The van der Waals surface area contributed by atoms with E-state index in [0.717, 1.165) is 28.8 Å². The van der Waals surface area contributed by atoms with Gasteiger partial charge in [0.25, 0.3) is 0 Å². The molecule has 0 aliphatic rings. The summed E-state index contributed by atoms with van der Waals surface area (Å²) in [6.45, 7) is 4.87. The van der Waals surface area contributed by atoms with Crippen molar-refractivity contribution < 1.29 is 4.74 Å². The molecule has 2 aromatic rings. The number of aryl methyl sites for hydroxylation is 1. The summed E-state index contributed by atoms with van der Waals surface area (Å²) in [5.74, 6) is 1.90. The smallest absolute Gasteiger partial charge is 0.227 e. The fourth-order valence-corrected chi connectivity index (χ4v) is 1.85. The zero-order valence-electron chi connectivity index (χ0n) is 11.0. The van der Waals surface area contributed by atoms with E-state index in [1.807, 2.05) is 31.2 Å². The van der Waals surface area contributed by atoms with Gasteiger partial charge in [-0.2, -0.15) is 4.98 Å². The van der Waals surface area contributed by atoms with E-state index in [1.165, 1.54) is 0 Å². The predicted octanol–water partition coefficient (Wildman–Crippen LogP) is 4.16. The summed E-state index contributed by atoms with van der Waals surface area (Å²) < 4.78 is 6.72. The molecule has 0 atom stereocenters. The average molecular weight is 322 g/mol. The van der Waals surface area contributed by atoms with Gasteiger partial charge in [-0.3, -0.25) is 0 Å². The van der Waals surface area contributed by atoms with Crippen LogP contribution >= 0.6 is 15.9 Å². The summed E-state index contributed by atoms with van der Waals surface area (Å²) in [7, 11) is 0. The number of anilines is 1. The summed E-state index contributed by atoms with van der Waals surface area (Å²) in [6, 6.07) is 7.69. The van der Waals surface area contributed by atoms with Crippen molar-refractivity contribution in [3.63, 3.8) is 0 Å². The first-order valence-electron chi connectivity index (χ1n) is 6.20. The molecule has 4 nitrogen and oxygen atoms in total. The minimum Gasteiger partial charge on any atom is -0.437 e. The molecule has 1 aromatic carbocycles. The van der Waals surface area contributed by atoms with Crippen LogP contribution in [0.2, 0.25) is 0 Å². The van der Waals surface area contributed by atoms with Crippen molar-refractivity contribution in [2.45, 2.75) is 20.3 Å². The van der Waals surface area contributed by atoms with Crippen LogP contribution in [0.5, 0.6) is 11.6 Å². The Balaban J connectivity index is 2.21. The Hall–Kier alpha value is -1.62. The maximum atomic E-state index is 5.82.